The van der Waals surface area contributed by atoms with Gasteiger partial charge in [0.05, 0.1) is 5.92 Å². The van der Waals surface area contributed by atoms with Crippen LogP contribution in [-0.2, 0) is 9.53 Å². The number of ether oxygens (including phenoxy) is 1. The summed E-state index contributed by atoms with van der Waals surface area (Å²) in [5, 5.41) is 14.2. The number of carbonyl (C=O) groups excluding carboxylic acids is 1. The Balaban J connectivity index is 2.21. The molecule has 1 fully saturated rings. The molecule has 1 saturated heterocycles. The maximum absolute atomic E-state index is 11.5. The number of carboxylic acids is 1. The van der Waals surface area contributed by atoms with E-state index in [2.05, 4.69) is 10.6 Å². The van der Waals surface area contributed by atoms with Crippen molar-refractivity contribution < 1.29 is 19.4 Å². The molecule has 2 amide bonds. The Hall–Kier alpha value is -1.30. The van der Waals surface area contributed by atoms with Crippen LogP contribution in [0.5, 0.6) is 0 Å². The summed E-state index contributed by atoms with van der Waals surface area (Å²) >= 11 is 0. The number of hydrogen-bond donors (Lipinski definition) is 3. The van der Waals surface area contributed by atoms with Crippen LogP contribution < -0.4 is 10.6 Å². The number of carboxylic acid groups (broad SMARTS) is 1. The summed E-state index contributed by atoms with van der Waals surface area (Å²) in [7, 11) is 0. The van der Waals surface area contributed by atoms with Gasteiger partial charge in [0.1, 0.15) is 0 Å². The van der Waals surface area contributed by atoms with Crippen LogP contribution in [-0.4, -0.2) is 42.9 Å². The third-order valence-electron chi connectivity index (χ3n) is 2.91. The summed E-state index contributed by atoms with van der Waals surface area (Å²) in [6, 6.07) is -0.162. The number of urea groups is 1. The van der Waals surface area contributed by atoms with Crippen LogP contribution in [0, 0.1) is 5.92 Å². The van der Waals surface area contributed by atoms with Crippen molar-refractivity contribution in [3.63, 3.8) is 0 Å². The summed E-state index contributed by atoms with van der Waals surface area (Å²) in [6.07, 6.45) is 2.12. The number of nitrogens with one attached hydrogen (secondary N) is 2. The predicted molar refractivity (Wildman–Crippen MR) is 61.8 cm³/mol. The van der Waals surface area contributed by atoms with E-state index < -0.39 is 11.9 Å². The Morgan fingerprint density at radius 3 is 2.59 bits per heavy atom. The predicted octanol–water partition coefficient (Wildman–Crippen LogP) is 0.575. The van der Waals surface area contributed by atoms with Crippen LogP contribution in [0.15, 0.2) is 0 Å². The molecule has 0 aliphatic carbocycles. The van der Waals surface area contributed by atoms with Crippen LogP contribution in [0.25, 0.3) is 0 Å². The molecule has 0 aromatic rings. The first-order chi connectivity index (χ1) is 8.13. The minimum atomic E-state index is -0.876. The molecule has 1 rings (SSSR count). The molecule has 0 aromatic carbocycles. The molecule has 0 aromatic heterocycles. The van der Waals surface area contributed by atoms with Crippen molar-refractivity contribution in [2.45, 2.75) is 32.2 Å². The number of hydrogen-bond acceptors (Lipinski definition) is 3. The van der Waals surface area contributed by atoms with Gasteiger partial charge in [0.15, 0.2) is 0 Å². The summed E-state index contributed by atoms with van der Waals surface area (Å²) in [5.41, 5.74) is 0. The van der Waals surface area contributed by atoms with Crippen LogP contribution >= 0.6 is 0 Å². The lowest BCUT2D eigenvalue weighted by Gasteiger charge is -2.23. The van der Waals surface area contributed by atoms with Crippen molar-refractivity contribution in [2.75, 3.05) is 19.8 Å². The molecule has 0 spiro atoms. The summed E-state index contributed by atoms with van der Waals surface area (Å²) in [4.78, 5) is 22.2. The third-order valence-corrected chi connectivity index (χ3v) is 2.91. The van der Waals surface area contributed by atoms with Crippen molar-refractivity contribution in [3.05, 3.63) is 0 Å². The lowest BCUT2D eigenvalue weighted by molar-refractivity contribution is -0.141. The molecule has 1 unspecified atom stereocenters. The molecule has 0 saturated carbocycles. The molecular formula is C11H20N2O4. The average molecular weight is 244 g/mol. The van der Waals surface area contributed by atoms with E-state index in [-0.39, 0.29) is 18.6 Å². The van der Waals surface area contributed by atoms with Gasteiger partial charge in [-0.2, -0.15) is 0 Å². The molecule has 98 valence electrons. The van der Waals surface area contributed by atoms with Gasteiger partial charge in [0, 0.05) is 25.8 Å². The van der Waals surface area contributed by atoms with Gasteiger partial charge in [-0.25, -0.2) is 4.79 Å². The zero-order valence-corrected chi connectivity index (χ0v) is 10.1. The minimum absolute atomic E-state index is 0.133. The molecule has 6 heteroatoms. The first kappa shape index (κ1) is 13.8. The van der Waals surface area contributed by atoms with Gasteiger partial charge in [-0.1, -0.05) is 6.92 Å². The minimum Gasteiger partial charge on any atom is -0.481 e. The van der Waals surface area contributed by atoms with Crippen LogP contribution in [0.3, 0.4) is 0 Å². The van der Waals surface area contributed by atoms with Gasteiger partial charge >= 0.3 is 12.0 Å². The first-order valence-corrected chi connectivity index (χ1v) is 5.98. The molecule has 17 heavy (non-hydrogen) atoms. The van der Waals surface area contributed by atoms with E-state index in [0.717, 1.165) is 12.8 Å². The van der Waals surface area contributed by atoms with E-state index in [1.54, 1.807) is 6.92 Å². The van der Waals surface area contributed by atoms with E-state index in [9.17, 15) is 9.59 Å². The van der Waals surface area contributed by atoms with Gasteiger partial charge in [-0.15, -0.1) is 0 Å². The van der Waals surface area contributed by atoms with Crippen molar-refractivity contribution >= 4 is 12.0 Å². The second kappa shape index (κ2) is 7.11. The highest BCUT2D eigenvalue weighted by Crippen LogP contribution is 2.06. The molecule has 1 aliphatic heterocycles. The lowest BCUT2D eigenvalue weighted by Crippen LogP contribution is -2.46. The molecule has 1 heterocycles. The van der Waals surface area contributed by atoms with Crippen LogP contribution in [0.2, 0.25) is 0 Å². The lowest BCUT2D eigenvalue weighted by atomic mass is 10.1. The fraction of sp³-hybridized carbons (Fsp3) is 0.818. The number of aliphatic carboxylic acids is 1. The smallest absolute Gasteiger partial charge is 0.315 e. The Bertz CT molecular complexity index is 264. The van der Waals surface area contributed by atoms with Crippen molar-refractivity contribution in [3.8, 4) is 0 Å². The molecular weight excluding hydrogens is 224 g/mol. The molecule has 1 atom stereocenters. The van der Waals surface area contributed by atoms with Gasteiger partial charge in [-0.3, -0.25) is 4.79 Å². The second-order valence-corrected chi connectivity index (χ2v) is 4.18. The van der Waals surface area contributed by atoms with E-state index >= 15 is 0 Å². The van der Waals surface area contributed by atoms with Crippen LogP contribution in [0.4, 0.5) is 4.79 Å². The second-order valence-electron chi connectivity index (χ2n) is 4.18. The van der Waals surface area contributed by atoms with E-state index in [0.29, 0.717) is 19.6 Å². The third kappa shape index (κ3) is 5.04. The summed E-state index contributed by atoms with van der Waals surface area (Å²) in [5.74, 6) is -1.39. The van der Waals surface area contributed by atoms with Crippen molar-refractivity contribution in [1.29, 1.82) is 0 Å². The van der Waals surface area contributed by atoms with Crippen molar-refractivity contribution in [1.82, 2.24) is 10.6 Å². The maximum atomic E-state index is 11.5. The fourth-order valence-electron chi connectivity index (χ4n) is 1.70. The highest BCUT2D eigenvalue weighted by molar-refractivity contribution is 5.76. The first-order valence-electron chi connectivity index (χ1n) is 5.98. The molecule has 3 N–H and O–H groups in total. The largest absolute Gasteiger partial charge is 0.481 e. The number of carbonyl (C=O) groups is 2. The van der Waals surface area contributed by atoms with Gasteiger partial charge in [0.2, 0.25) is 0 Å². The van der Waals surface area contributed by atoms with Crippen molar-refractivity contribution in [2.24, 2.45) is 5.92 Å². The Morgan fingerprint density at radius 1 is 1.41 bits per heavy atom. The normalized spacial score (nSPS) is 18.4. The average Bonchev–Trinajstić information content (AvgIpc) is 2.30. The highest BCUT2D eigenvalue weighted by Gasteiger charge is 2.18. The fourth-order valence-corrected chi connectivity index (χ4v) is 1.70. The SMILES string of the molecule is CCC(CNC(=O)NC1CCOCC1)C(=O)O. The zero-order valence-electron chi connectivity index (χ0n) is 10.1. The van der Waals surface area contributed by atoms with E-state index in [1.165, 1.54) is 0 Å². The quantitative estimate of drug-likeness (QED) is 0.660. The maximum Gasteiger partial charge on any atom is 0.315 e. The zero-order chi connectivity index (χ0) is 12.7. The van der Waals surface area contributed by atoms with Crippen LogP contribution in [0.1, 0.15) is 26.2 Å². The number of amides is 2. The number of rotatable bonds is 5. The Kier molecular flexibility index (Phi) is 5.76. The van der Waals surface area contributed by atoms with Gasteiger partial charge < -0.3 is 20.5 Å². The van der Waals surface area contributed by atoms with E-state index in [1.807, 2.05) is 0 Å². The molecule has 6 nitrogen and oxygen atoms in total. The molecule has 1 aliphatic rings. The molecule has 0 radical (unpaired) electrons. The standard InChI is InChI=1S/C11H20N2O4/c1-2-8(10(14)15)7-12-11(16)13-9-3-5-17-6-4-9/h8-9H,2-7H2,1H3,(H,14,15)(H2,12,13,16). The summed E-state index contributed by atoms with van der Waals surface area (Å²) in [6.45, 7) is 3.28. The van der Waals surface area contributed by atoms with Gasteiger partial charge in [0.25, 0.3) is 0 Å². The van der Waals surface area contributed by atoms with Gasteiger partial charge in [-0.05, 0) is 19.3 Å². The topological polar surface area (TPSA) is 87.7 Å². The highest BCUT2D eigenvalue weighted by atomic mass is 16.5. The van der Waals surface area contributed by atoms with E-state index in [4.69, 9.17) is 9.84 Å². The molecule has 0 bridgehead atoms. The summed E-state index contributed by atoms with van der Waals surface area (Å²) < 4.78 is 5.18. The Labute approximate surface area is 101 Å². The Morgan fingerprint density at radius 2 is 2.06 bits per heavy atom. The monoisotopic (exact) mass is 244 g/mol.